The summed E-state index contributed by atoms with van der Waals surface area (Å²) in [7, 11) is 0. The number of hydrogen-bond acceptors (Lipinski definition) is 1. The van der Waals surface area contributed by atoms with Crippen LogP contribution in [-0.2, 0) is 18.0 Å². The van der Waals surface area contributed by atoms with Gasteiger partial charge < -0.3 is 17.1 Å². The summed E-state index contributed by atoms with van der Waals surface area (Å²) < 4.78 is 10.8. The second-order valence-electron chi connectivity index (χ2n) is 7.48. The number of para-hydroxylation sites is 2. The quantitative estimate of drug-likeness (QED) is 0.355. The minimum atomic E-state index is 0. The Morgan fingerprint density at radius 2 is 1.48 bits per heavy atom. The van der Waals surface area contributed by atoms with E-state index in [0.29, 0.717) is 6.73 Å². The second kappa shape index (κ2) is 14.0. The number of rotatable bonds is 14. The number of nitrogens with zero attached hydrogens (tertiary/aromatic N) is 2. The van der Waals surface area contributed by atoms with E-state index in [1.54, 1.807) is 0 Å². The topological polar surface area (TPSA) is 18.0 Å². The van der Waals surface area contributed by atoms with Crippen molar-refractivity contribution < 1.29 is 21.7 Å². The lowest BCUT2D eigenvalue weighted by molar-refractivity contribution is -0.715. The van der Waals surface area contributed by atoms with Gasteiger partial charge in [0.15, 0.2) is 17.8 Å². The van der Waals surface area contributed by atoms with Crippen LogP contribution in [-0.4, -0.2) is 11.2 Å². The molecule has 0 saturated carbocycles. The summed E-state index contributed by atoms with van der Waals surface area (Å²) >= 11 is 0. The van der Waals surface area contributed by atoms with Crippen LogP contribution >= 0.6 is 0 Å². The van der Waals surface area contributed by atoms with Crippen molar-refractivity contribution in [2.24, 2.45) is 0 Å². The lowest BCUT2D eigenvalue weighted by Gasteiger charge is -2.04. The van der Waals surface area contributed by atoms with E-state index in [1.165, 1.54) is 81.1 Å². The maximum atomic E-state index is 6.02. The molecule has 0 radical (unpaired) electrons. The highest BCUT2D eigenvalue weighted by molar-refractivity contribution is 5.72. The molecule has 0 saturated heterocycles. The minimum absolute atomic E-state index is 0. The Morgan fingerprint density at radius 3 is 2.19 bits per heavy atom. The molecule has 27 heavy (non-hydrogen) atoms. The van der Waals surface area contributed by atoms with Crippen LogP contribution in [0.3, 0.4) is 0 Å². The van der Waals surface area contributed by atoms with Crippen molar-refractivity contribution in [3.05, 3.63) is 30.1 Å². The fourth-order valence-corrected chi connectivity index (χ4v) is 3.67. The molecule has 0 atom stereocenters. The molecule has 1 aromatic heterocycles. The molecule has 0 fully saturated rings. The van der Waals surface area contributed by atoms with Crippen molar-refractivity contribution in [1.82, 2.24) is 4.57 Å². The van der Waals surface area contributed by atoms with Gasteiger partial charge in [-0.1, -0.05) is 77.3 Å². The van der Waals surface area contributed by atoms with E-state index in [2.05, 4.69) is 54.2 Å². The fraction of sp³-hybridized carbons (Fsp3) is 0.696. The molecule has 2 rings (SSSR count). The Kier molecular flexibility index (Phi) is 12.4. The third-order valence-electron chi connectivity index (χ3n) is 5.34. The van der Waals surface area contributed by atoms with Gasteiger partial charge in [-0.05, 0) is 25.0 Å². The largest absolute Gasteiger partial charge is 1.00 e. The third-order valence-corrected chi connectivity index (χ3v) is 5.34. The molecule has 0 aliphatic carbocycles. The van der Waals surface area contributed by atoms with Gasteiger partial charge in [-0.25, -0.2) is 9.13 Å². The highest BCUT2D eigenvalue weighted by atomic mass is 35.5. The molecule has 0 spiro atoms. The number of imidazole rings is 1. The molecule has 0 bridgehead atoms. The Balaban J connectivity index is 0.00000364. The molecular formula is C23H39ClN2O. The Labute approximate surface area is 172 Å². The zero-order valence-electron chi connectivity index (χ0n) is 17.7. The summed E-state index contributed by atoms with van der Waals surface area (Å²) in [4.78, 5) is 0. The number of aromatic nitrogens is 2. The highest BCUT2D eigenvalue weighted by Gasteiger charge is 2.20. The summed E-state index contributed by atoms with van der Waals surface area (Å²) in [6.07, 6.45) is 13.2. The normalized spacial score (nSPS) is 11.1. The van der Waals surface area contributed by atoms with Crippen molar-refractivity contribution in [1.29, 1.82) is 0 Å². The van der Waals surface area contributed by atoms with Crippen LogP contribution in [0.15, 0.2) is 24.3 Å². The van der Waals surface area contributed by atoms with Gasteiger partial charge in [0, 0.05) is 6.92 Å². The van der Waals surface area contributed by atoms with E-state index in [4.69, 9.17) is 4.74 Å². The Morgan fingerprint density at radius 1 is 0.852 bits per heavy atom. The van der Waals surface area contributed by atoms with Gasteiger partial charge in [0.25, 0.3) is 5.82 Å². The van der Waals surface area contributed by atoms with Crippen molar-refractivity contribution >= 4 is 11.0 Å². The van der Waals surface area contributed by atoms with Gasteiger partial charge in [-0.2, -0.15) is 0 Å². The number of fused-ring (bicyclic) bond motifs is 1. The molecule has 154 valence electrons. The van der Waals surface area contributed by atoms with Gasteiger partial charge in [0.2, 0.25) is 0 Å². The van der Waals surface area contributed by atoms with E-state index in [1.807, 2.05) is 0 Å². The zero-order chi connectivity index (χ0) is 18.6. The monoisotopic (exact) mass is 394 g/mol. The van der Waals surface area contributed by atoms with Crippen LogP contribution in [0.25, 0.3) is 11.0 Å². The second-order valence-corrected chi connectivity index (χ2v) is 7.48. The van der Waals surface area contributed by atoms with E-state index in [-0.39, 0.29) is 12.4 Å². The predicted molar refractivity (Wildman–Crippen MR) is 110 cm³/mol. The van der Waals surface area contributed by atoms with Crippen LogP contribution < -0.4 is 17.0 Å². The van der Waals surface area contributed by atoms with Crippen molar-refractivity contribution in [3.8, 4) is 0 Å². The summed E-state index contributed by atoms with van der Waals surface area (Å²) in [5.74, 6) is 1.30. The van der Waals surface area contributed by atoms with E-state index < -0.39 is 0 Å². The van der Waals surface area contributed by atoms with Crippen molar-refractivity contribution in [2.75, 3.05) is 6.61 Å². The number of benzene rings is 1. The first-order valence-corrected chi connectivity index (χ1v) is 10.8. The fourth-order valence-electron chi connectivity index (χ4n) is 3.67. The first-order chi connectivity index (χ1) is 12.8. The van der Waals surface area contributed by atoms with Crippen LogP contribution in [0.5, 0.6) is 0 Å². The highest BCUT2D eigenvalue weighted by Crippen LogP contribution is 2.15. The van der Waals surface area contributed by atoms with Gasteiger partial charge in [0.05, 0.1) is 13.2 Å². The van der Waals surface area contributed by atoms with Crippen LogP contribution in [0.2, 0.25) is 0 Å². The van der Waals surface area contributed by atoms with Crippen LogP contribution in [0, 0.1) is 6.92 Å². The van der Waals surface area contributed by atoms with E-state index in [9.17, 15) is 0 Å². The molecule has 2 aromatic rings. The number of hydrogen-bond donors (Lipinski definition) is 0. The summed E-state index contributed by atoms with van der Waals surface area (Å²) in [5, 5.41) is 0. The van der Waals surface area contributed by atoms with Crippen molar-refractivity contribution in [2.45, 2.75) is 98.3 Å². The molecule has 1 heterocycles. The summed E-state index contributed by atoms with van der Waals surface area (Å²) in [6, 6.07) is 8.70. The van der Waals surface area contributed by atoms with Gasteiger partial charge in [-0.15, -0.1) is 0 Å². The number of ether oxygens (including phenoxy) is 1. The third kappa shape index (κ3) is 7.46. The lowest BCUT2D eigenvalue weighted by Crippen LogP contribution is -3.00. The molecule has 4 heteroatoms. The maximum Gasteiger partial charge on any atom is 0.256 e. The van der Waals surface area contributed by atoms with Gasteiger partial charge in [0.1, 0.15) is 0 Å². The first-order valence-electron chi connectivity index (χ1n) is 10.8. The SMILES string of the molecule is CCCCCCCCCCOC[n+]1c(C)n(CCCC)c2ccccc21.[Cl-]. The minimum Gasteiger partial charge on any atom is -1.00 e. The maximum absolute atomic E-state index is 6.02. The summed E-state index contributed by atoms with van der Waals surface area (Å²) in [5.41, 5.74) is 2.62. The average molecular weight is 395 g/mol. The predicted octanol–water partition coefficient (Wildman–Crippen LogP) is 3.16. The molecule has 0 N–H and O–H groups in total. The number of aryl methyl sites for hydroxylation is 1. The van der Waals surface area contributed by atoms with Crippen LogP contribution in [0.1, 0.15) is 83.9 Å². The van der Waals surface area contributed by atoms with E-state index >= 15 is 0 Å². The van der Waals surface area contributed by atoms with Gasteiger partial charge >= 0.3 is 0 Å². The van der Waals surface area contributed by atoms with Gasteiger partial charge in [-0.3, -0.25) is 0 Å². The van der Waals surface area contributed by atoms with Crippen LogP contribution in [0.4, 0.5) is 0 Å². The zero-order valence-corrected chi connectivity index (χ0v) is 18.4. The molecular weight excluding hydrogens is 356 g/mol. The molecule has 0 unspecified atom stereocenters. The Hall–Kier alpha value is -1.06. The van der Waals surface area contributed by atoms with E-state index in [0.717, 1.165) is 13.2 Å². The standard InChI is InChI=1S/C23H39N2O.ClH/c1-4-6-8-9-10-11-12-15-19-26-20-25-21(3)24(18-7-5-2)22-16-13-14-17-23(22)25;/h13-14,16-17H,4-12,15,18-20H2,1-3H3;1H/q+1;/p-1. The molecule has 0 aliphatic heterocycles. The lowest BCUT2D eigenvalue weighted by atomic mass is 10.1. The smallest absolute Gasteiger partial charge is 0.256 e. The molecule has 3 nitrogen and oxygen atoms in total. The Bertz CT molecular complexity index is 639. The summed E-state index contributed by atoms with van der Waals surface area (Å²) in [6.45, 7) is 9.38. The van der Waals surface area contributed by atoms with Crippen molar-refractivity contribution in [3.63, 3.8) is 0 Å². The number of unbranched alkanes of at least 4 members (excludes halogenated alkanes) is 8. The first kappa shape index (κ1) is 24.0. The molecule has 0 aliphatic rings. The molecule has 0 amide bonds. The molecule has 1 aromatic carbocycles. The number of halogens is 1. The average Bonchev–Trinajstić information content (AvgIpc) is 2.93.